The van der Waals surface area contributed by atoms with E-state index in [2.05, 4.69) is 51.1 Å². The van der Waals surface area contributed by atoms with Gasteiger partial charge in [-0.1, -0.05) is 180 Å². The molecule has 1 aromatic rings. The maximum absolute atomic E-state index is 2.39. The van der Waals surface area contributed by atoms with Crippen molar-refractivity contribution in [3.63, 3.8) is 0 Å². The van der Waals surface area contributed by atoms with Gasteiger partial charge >= 0.3 is 0 Å². The van der Waals surface area contributed by atoms with E-state index in [1.807, 2.05) is 0 Å². The van der Waals surface area contributed by atoms with Crippen molar-refractivity contribution in [2.45, 2.75) is 194 Å². The highest BCUT2D eigenvalue weighted by Crippen LogP contribution is 2.23. The van der Waals surface area contributed by atoms with E-state index in [4.69, 9.17) is 0 Å². The van der Waals surface area contributed by atoms with E-state index >= 15 is 0 Å². The molecular weight excluding hydrogens is 482 g/mol. The molecule has 0 bridgehead atoms. The second-order valence-electron chi connectivity index (χ2n) is 13.3. The summed E-state index contributed by atoms with van der Waals surface area (Å²) in [6, 6.07) is 11.5. The minimum Gasteiger partial charge on any atom is -0.320 e. The summed E-state index contributed by atoms with van der Waals surface area (Å²) in [6.07, 6.45) is 37.3. The lowest BCUT2D eigenvalue weighted by atomic mass is 10.0. The van der Waals surface area contributed by atoms with Gasteiger partial charge in [0.2, 0.25) is 0 Å². The Morgan fingerprint density at radius 1 is 0.350 bits per heavy atom. The molecule has 1 heteroatoms. The van der Waals surface area contributed by atoms with E-state index in [9.17, 15) is 0 Å². The molecule has 1 rings (SSSR count). The molecule has 0 radical (unpaired) electrons. The van der Waals surface area contributed by atoms with Gasteiger partial charge in [-0.3, -0.25) is 0 Å². The SMILES string of the molecule is CCCCCCCCCCCCCC[N+](CCCCCCCCC)(CCCCCCCCC)Cc1ccccc1. The summed E-state index contributed by atoms with van der Waals surface area (Å²) in [5, 5.41) is 0. The van der Waals surface area contributed by atoms with Gasteiger partial charge in [-0.25, -0.2) is 0 Å². The largest absolute Gasteiger partial charge is 0.320 e. The summed E-state index contributed by atoms with van der Waals surface area (Å²) in [5.41, 5.74) is 1.56. The molecule has 0 atom stereocenters. The monoisotopic (exact) mass is 557 g/mol. The maximum Gasteiger partial charge on any atom is 0.104 e. The third-order valence-electron chi connectivity index (χ3n) is 9.32. The molecule has 0 aromatic heterocycles. The standard InChI is InChI=1S/C39H74N/c1-4-7-10-13-16-17-18-19-20-23-26-32-37-40(38-39-33-28-27-29-34-39,35-30-24-21-14-11-8-5-2)36-31-25-22-15-12-9-6-3/h27-29,33-34H,4-26,30-32,35-38H2,1-3H3/q+1. The van der Waals surface area contributed by atoms with Crippen molar-refractivity contribution in [3.05, 3.63) is 35.9 Å². The van der Waals surface area contributed by atoms with Gasteiger partial charge in [-0.05, 0) is 38.5 Å². The van der Waals surface area contributed by atoms with E-state index in [-0.39, 0.29) is 0 Å². The van der Waals surface area contributed by atoms with Crippen molar-refractivity contribution in [2.75, 3.05) is 19.6 Å². The van der Waals surface area contributed by atoms with E-state index in [0.29, 0.717) is 0 Å². The number of nitrogens with zero attached hydrogens (tertiary/aromatic N) is 1. The molecule has 0 heterocycles. The zero-order chi connectivity index (χ0) is 28.8. The molecule has 40 heavy (non-hydrogen) atoms. The van der Waals surface area contributed by atoms with Crippen LogP contribution in [0, 0.1) is 0 Å². The number of hydrogen-bond acceptors (Lipinski definition) is 0. The van der Waals surface area contributed by atoms with Gasteiger partial charge in [0.15, 0.2) is 0 Å². The molecule has 0 saturated carbocycles. The Bertz CT molecular complexity index is 590. The molecule has 1 aromatic carbocycles. The van der Waals surface area contributed by atoms with Crippen LogP contribution < -0.4 is 0 Å². The van der Waals surface area contributed by atoms with Crippen molar-refractivity contribution in [1.82, 2.24) is 0 Å². The first kappa shape index (κ1) is 37.2. The molecule has 0 unspecified atom stereocenters. The van der Waals surface area contributed by atoms with Gasteiger partial charge in [0.05, 0.1) is 19.6 Å². The van der Waals surface area contributed by atoms with Crippen molar-refractivity contribution in [2.24, 2.45) is 0 Å². The van der Waals surface area contributed by atoms with Gasteiger partial charge in [-0.15, -0.1) is 0 Å². The van der Waals surface area contributed by atoms with Gasteiger partial charge in [0.1, 0.15) is 6.54 Å². The Morgan fingerprint density at radius 2 is 0.625 bits per heavy atom. The van der Waals surface area contributed by atoms with Crippen molar-refractivity contribution in [1.29, 1.82) is 0 Å². The number of hydrogen-bond donors (Lipinski definition) is 0. The summed E-state index contributed by atoms with van der Waals surface area (Å²) >= 11 is 0. The fraction of sp³-hybridized carbons (Fsp3) is 0.846. The van der Waals surface area contributed by atoms with Crippen LogP contribution in [0.25, 0.3) is 0 Å². The lowest BCUT2D eigenvalue weighted by Gasteiger charge is -2.39. The lowest BCUT2D eigenvalue weighted by molar-refractivity contribution is -0.941. The summed E-state index contributed by atoms with van der Waals surface area (Å²) < 4.78 is 1.35. The summed E-state index contributed by atoms with van der Waals surface area (Å²) in [4.78, 5) is 0. The first-order chi connectivity index (χ1) is 19.8. The number of benzene rings is 1. The molecule has 0 amide bonds. The van der Waals surface area contributed by atoms with E-state index in [1.165, 1.54) is 198 Å². The van der Waals surface area contributed by atoms with Gasteiger partial charge in [0, 0.05) is 5.56 Å². The third kappa shape index (κ3) is 21.9. The number of quaternary nitrogens is 1. The minimum absolute atomic E-state index is 1.25. The molecule has 0 spiro atoms. The molecule has 234 valence electrons. The Hall–Kier alpha value is -0.820. The van der Waals surface area contributed by atoms with Gasteiger partial charge in [-0.2, -0.15) is 0 Å². The summed E-state index contributed by atoms with van der Waals surface area (Å²) in [6.45, 7) is 12.4. The Kier molecular flexibility index (Phi) is 26.3. The molecule has 0 aliphatic rings. The topological polar surface area (TPSA) is 0 Å². The predicted octanol–water partition coefficient (Wildman–Crippen LogP) is 13.2. The zero-order valence-electron chi connectivity index (χ0n) is 28.0. The quantitative estimate of drug-likeness (QED) is 0.0630. The van der Waals surface area contributed by atoms with Gasteiger partial charge < -0.3 is 4.48 Å². The smallest absolute Gasteiger partial charge is 0.104 e. The second-order valence-corrected chi connectivity index (χ2v) is 13.3. The summed E-state index contributed by atoms with van der Waals surface area (Å²) in [5.74, 6) is 0. The van der Waals surface area contributed by atoms with Crippen LogP contribution >= 0.6 is 0 Å². The molecule has 1 nitrogen and oxygen atoms in total. The molecule has 0 saturated heterocycles. The molecule has 0 aliphatic carbocycles. The Morgan fingerprint density at radius 3 is 0.925 bits per heavy atom. The van der Waals surface area contributed by atoms with Crippen LogP contribution in [0.2, 0.25) is 0 Å². The second kappa shape index (κ2) is 28.3. The van der Waals surface area contributed by atoms with Gasteiger partial charge in [0.25, 0.3) is 0 Å². The number of rotatable bonds is 31. The molecule has 0 fully saturated rings. The average Bonchev–Trinajstić information content (AvgIpc) is 2.97. The van der Waals surface area contributed by atoms with Crippen LogP contribution in [0.1, 0.15) is 193 Å². The average molecular weight is 557 g/mol. The summed E-state index contributed by atoms with van der Waals surface area (Å²) in [7, 11) is 0. The zero-order valence-corrected chi connectivity index (χ0v) is 28.0. The highest BCUT2D eigenvalue weighted by molar-refractivity contribution is 5.13. The fourth-order valence-corrected chi connectivity index (χ4v) is 6.64. The molecular formula is C39H74N+. The van der Waals surface area contributed by atoms with Crippen LogP contribution in [-0.2, 0) is 6.54 Å². The van der Waals surface area contributed by atoms with E-state index < -0.39 is 0 Å². The predicted molar refractivity (Wildman–Crippen MR) is 182 cm³/mol. The third-order valence-corrected chi connectivity index (χ3v) is 9.32. The van der Waals surface area contributed by atoms with Crippen LogP contribution in [0.3, 0.4) is 0 Å². The highest BCUT2D eigenvalue weighted by Gasteiger charge is 2.26. The van der Waals surface area contributed by atoms with Crippen LogP contribution in [0.5, 0.6) is 0 Å². The fourth-order valence-electron chi connectivity index (χ4n) is 6.64. The maximum atomic E-state index is 2.39. The minimum atomic E-state index is 1.25. The highest BCUT2D eigenvalue weighted by atomic mass is 15.3. The van der Waals surface area contributed by atoms with Crippen LogP contribution in [-0.4, -0.2) is 24.1 Å². The number of unbranched alkanes of at least 4 members (excludes halogenated alkanes) is 23. The van der Waals surface area contributed by atoms with Crippen LogP contribution in [0.15, 0.2) is 30.3 Å². The molecule has 0 N–H and O–H groups in total. The van der Waals surface area contributed by atoms with Crippen molar-refractivity contribution in [3.8, 4) is 0 Å². The first-order valence-electron chi connectivity index (χ1n) is 18.7. The Balaban J connectivity index is 2.55. The first-order valence-corrected chi connectivity index (χ1v) is 18.7. The van der Waals surface area contributed by atoms with Crippen LogP contribution in [0.4, 0.5) is 0 Å². The van der Waals surface area contributed by atoms with Crippen molar-refractivity contribution < 1.29 is 4.48 Å². The van der Waals surface area contributed by atoms with E-state index in [1.54, 1.807) is 5.56 Å². The lowest BCUT2D eigenvalue weighted by Crippen LogP contribution is -2.49. The normalized spacial score (nSPS) is 11.9. The van der Waals surface area contributed by atoms with Crippen molar-refractivity contribution >= 4 is 0 Å². The Labute approximate surface area is 253 Å². The molecule has 0 aliphatic heterocycles. The van der Waals surface area contributed by atoms with E-state index in [0.717, 1.165) is 0 Å².